The maximum absolute atomic E-state index is 13.0. The molecule has 1 aliphatic heterocycles. The minimum Gasteiger partial charge on any atom is -0.369 e. The molecule has 0 amide bonds. The third-order valence-electron chi connectivity index (χ3n) is 3.26. The molecule has 2 aliphatic rings. The van der Waals surface area contributed by atoms with Crippen molar-refractivity contribution in [2.75, 3.05) is 18.0 Å². The molecule has 1 saturated heterocycles. The van der Waals surface area contributed by atoms with Crippen molar-refractivity contribution in [3.8, 4) is 0 Å². The van der Waals surface area contributed by atoms with Gasteiger partial charge in [0.1, 0.15) is 5.82 Å². The summed E-state index contributed by atoms with van der Waals surface area (Å²) in [4.78, 5) is 2.25. The lowest BCUT2D eigenvalue weighted by Crippen LogP contribution is -2.48. The molecule has 74 valence electrons. The first-order chi connectivity index (χ1) is 6.69. The van der Waals surface area contributed by atoms with Gasteiger partial charge in [-0.05, 0) is 47.0 Å². The molecule has 0 radical (unpaired) electrons. The first kappa shape index (κ1) is 8.72. The van der Waals surface area contributed by atoms with E-state index < -0.39 is 0 Å². The van der Waals surface area contributed by atoms with Crippen LogP contribution in [-0.2, 0) is 0 Å². The number of nitrogens with zero attached hydrogens (tertiary/aromatic N) is 1. The summed E-state index contributed by atoms with van der Waals surface area (Å²) in [5.41, 5.74) is 1.62. The van der Waals surface area contributed by atoms with Gasteiger partial charge in [-0.25, -0.2) is 4.39 Å². The number of hydrogen-bond donors (Lipinski definition) is 0. The number of hydrogen-bond acceptors (Lipinski definition) is 1. The van der Waals surface area contributed by atoms with Gasteiger partial charge in [-0.2, -0.15) is 0 Å². The third-order valence-corrected chi connectivity index (χ3v) is 3.93. The third kappa shape index (κ3) is 1.26. The van der Waals surface area contributed by atoms with Gasteiger partial charge in [0.05, 0.1) is 5.69 Å². The molecule has 1 saturated carbocycles. The number of rotatable bonds is 1. The summed E-state index contributed by atoms with van der Waals surface area (Å²) in [5.74, 6) is -0.153. The van der Waals surface area contributed by atoms with Crippen LogP contribution in [0.5, 0.6) is 0 Å². The first-order valence-electron chi connectivity index (χ1n) is 4.89. The second kappa shape index (κ2) is 2.72. The molecule has 3 heteroatoms. The van der Waals surface area contributed by atoms with Gasteiger partial charge in [0, 0.05) is 23.0 Å². The molecule has 1 aromatic rings. The molecular formula is C11H11BrFN. The van der Waals surface area contributed by atoms with Gasteiger partial charge in [-0.1, -0.05) is 0 Å². The van der Waals surface area contributed by atoms with Crippen LogP contribution in [0.15, 0.2) is 22.7 Å². The Morgan fingerprint density at radius 2 is 2.00 bits per heavy atom. The van der Waals surface area contributed by atoms with Crippen LogP contribution in [0, 0.1) is 11.2 Å². The standard InChI is InChI=1S/C11H11BrFN/c12-9-2-1-8(13)5-10(9)14-6-11(7-14)3-4-11/h1-2,5H,3-4,6-7H2. The number of halogens is 2. The lowest BCUT2D eigenvalue weighted by atomic mass is 9.96. The minimum atomic E-state index is -0.153. The van der Waals surface area contributed by atoms with Crippen LogP contribution in [0.3, 0.4) is 0 Å². The number of anilines is 1. The van der Waals surface area contributed by atoms with Crippen LogP contribution in [0.25, 0.3) is 0 Å². The Hall–Kier alpha value is -0.570. The highest BCUT2D eigenvalue weighted by Crippen LogP contribution is 2.54. The lowest BCUT2D eigenvalue weighted by molar-refractivity contribution is 0.386. The minimum absolute atomic E-state index is 0.153. The largest absolute Gasteiger partial charge is 0.369 e. The maximum Gasteiger partial charge on any atom is 0.125 e. The van der Waals surface area contributed by atoms with Crippen molar-refractivity contribution in [3.05, 3.63) is 28.5 Å². The van der Waals surface area contributed by atoms with Crippen LogP contribution < -0.4 is 4.90 Å². The van der Waals surface area contributed by atoms with Crippen molar-refractivity contribution in [2.24, 2.45) is 5.41 Å². The molecule has 1 spiro atoms. The van der Waals surface area contributed by atoms with E-state index in [0.29, 0.717) is 5.41 Å². The topological polar surface area (TPSA) is 3.24 Å². The summed E-state index contributed by atoms with van der Waals surface area (Å²) in [6.45, 7) is 2.21. The second-order valence-electron chi connectivity index (χ2n) is 4.45. The van der Waals surface area contributed by atoms with Crippen molar-refractivity contribution in [1.29, 1.82) is 0 Å². The fraction of sp³-hybridized carbons (Fsp3) is 0.455. The Labute approximate surface area is 91.0 Å². The molecule has 3 rings (SSSR count). The van der Waals surface area contributed by atoms with Crippen molar-refractivity contribution >= 4 is 21.6 Å². The summed E-state index contributed by atoms with van der Waals surface area (Å²) in [5, 5.41) is 0. The van der Waals surface area contributed by atoms with E-state index in [9.17, 15) is 4.39 Å². The molecule has 1 nitrogen and oxygen atoms in total. The second-order valence-corrected chi connectivity index (χ2v) is 5.31. The van der Waals surface area contributed by atoms with Gasteiger partial charge in [0.2, 0.25) is 0 Å². The van der Waals surface area contributed by atoms with Crippen molar-refractivity contribution in [3.63, 3.8) is 0 Å². The van der Waals surface area contributed by atoms with E-state index in [1.54, 1.807) is 12.1 Å². The molecule has 0 aromatic heterocycles. The zero-order valence-corrected chi connectivity index (χ0v) is 9.35. The molecule has 1 aliphatic carbocycles. The first-order valence-corrected chi connectivity index (χ1v) is 5.68. The Morgan fingerprint density at radius 3 is 2.64 bits per heavy atom. The maximum atomic E-state index is 13.0. The van der Waals surface area contributed by atoms with E-state index in [1.807, 2.05) is 0 Å². The Bertz CT molecular complexity index is 379. The van der Waals surface area contributed by atoms with E-state index in [1.165, 1.54) is 18.9 Å². The van der Waals surface area contributed by atoms with Crippen LogP contribution in [0.1, 0.15) is 12.8 Å². The average Bonchev–Trinajstić information content (AvgIpc) is 2.86. The van der Waals surface area contributed by atoms with Gasteiger partial charge in [-0.15, -0.1) is 0 Å². The van der Waals surface area contributed by atoms with E-state index in [0.717, 1.165) is 23.2 Å². The summed E-state index contributed by atoms with van der Waals surface area (Å²) < 4.78 is 14.0. The van der Waals surface area contributed by atoms with Crippen molar-refractivity contribution < 1.29 is 4.39 Å². The molecule has 1 heterocycles. The molecule has 2 fully saturated rings. The lowest BCUT2D eigenvalue weighted by Gasteiger charge is -2.42. The molecule has 0 unspecified atom stereocenters. The highest BCUT2D eigenvalue weighted by atomic mass is 79.9. The van der Waals surface area contributed by atoms with Gasteiger partial charge in [-0.3, -0.25) is 0 Å². The fourth-order valence-electron chi connectivity index (χ4n) is 2.15. The normalized spacial score (nSPS) is 22.3. The van der Waals surface area contributed by atoms with E-state index in [4.69, 9.17) is 0 Å². The molecule has 0 N–H and O–H groups in total. The molecule has 0 atom stereocenters. The highest BCUT2D eigenvalue weighted by molar-refractivity contribution is 9.10. The van der Waals surface area contributed by atoms with Gasteiger partial charge >= 0.3 is 0 Å². The van der Waals surface area contributed by atoms with Crippen molar-refractivity contribution in [2.45, 2.75) is 12.8 Å². The van der Waals surface area contributed by atoms with Crippen molar-refractivity contribution in [1.82, 2.24) is 0 Å². The summed E-state index contributed by atoms with van der Waals surface area (Å²) >= 11 is 3.46. The van der Waals surface area contributed by atoms with Gasteiger partial charge in [0.15, 0.2) is 0 Å². The summed E-state index contributed by atoms with van der Waals surface area (Å²) in [6, 6.07) is 4.88. The van der Waals surface area contributed by atoms with E-state index in [2.05, 4.69) is 20.8 Å². The predicted octanol–water partition coefficient (Wildman–Crippen LogP) is 3.19. The van der Waals surface area contributed by atoms with Gasteiger partial charge in [0.25, 0.3) is 0 Å². The van der Waals surface area contributed by atoms with Gasteiger partial charge < -0.3 is 4.90 Å². The molecule has 14 heavy (non-hydrogen) atoms. The predicted molar refractivity (Wildman–Crippen MR) is 58.0 cm³/mol. The Balaban J connectivity index is 1.85. The summed E-state index contributed by atoms with van der Waals surface area (Å²) in [7, 11) is 0. The molecule has 1 aromatic carbocycles. The van der Waals surface area contributed by atoms with E-state index in [-0.39, 0.29) is 5.82 Å². The quantitative estimate of drug-likeness (QED) is 0.745. The van der Waals surface area contributed by atoms with Crippen LogP contribution in [-0.4, -0.2) is 13.1 Å². The number of benzene rings is 1. The molecule has 0 bridgehead atoms. The monoisotopic (exact) mass is 255 g/mol. The zero-order chi connectivity index (χ0) is 9.76. The summed E-state index contributed by atoms with van der Waals surface area (Å²) in [6.07, 6.45) is 2.72. The highest BCUT2D eigenvalue weighted by Gasteiger charge is 2.52. The fourth-order valence-corrected chi connectivity index (χ4v) is 2.65. The average molecular weight is 256 g/mol. The SMILES string of the molecule is Fc1ccc(Br)c(N2CC3(CC3)C2)c1. The van der Waals surface area contributed by atoms with Crippen LogP contribution in [0.2, 0.25) is 0 Å². The van der Waals surface area contributed by atoms with Crippen LogP contribution >= 0.6 is 15.9 Å². The van der Waals surface area contributed by atoms with Crippen LogP contribution in [0.4, 0.5) is 10.1 Å². The Morgan fingerprint density at radius 1 is 1.29 bits per heavy atom. The zero-order valence-electron chi connectivity index (χ0n) is 7.76. The molecular weight excluding hydrogens is 245 g/mol. The van der Waals surface area contributed by atoms with E-state index >= 15 is 0 Å². The smallest absolute Gasteiger partial charge is 0.125 e. The Kier molecular flexibility index (Phi) is 1.69.